The first kappa shape index (κ1) is 15.9. The lowest BCUT2D eigenvalue weighted by Gasteiger charge is -2.37. The van der Waals surface area contributed by atoms with Gasteiger partial charge in [0.1, 0.15) is 6.17 Å². The molecule has 0 radical (unpaired) electrons. The molecule has 0 spiro atoms. The lowest BCUT2D eigenvalue weighted by molar-refractivity contribution is -0.223. The van der Waals surface area contributed by atoms with Gasteiger partial charge in [-0.25, -0.2) is 4.79 Å². The van der Waals surface area contributed by atoms with Crippen molar-refractivity contribution < 1.29 is 19.9 Å². The van der Waals surface area contributed by atoms with Gasteiger partial charge in [-0.05, 0) is 45.4 Å². The SMILES string of the molecule is COC(=O)c1ccc(C2N(O)C(C)(C)C(C)(C)N2O)cc1. The molecule has 1 aromatic carbocycles. The van der Waals surface area contributed by atoms with E-state index in [4.69, 9.17) is 0 Å². The van der Waals surface area contributed by atoms with E-state index in [1.807, 2.05) is 27.7 Å². The molecular weight excluding hydrogens is 272 g/mol. The van der Waals surface area contributed by atoms with Crippen LogP contribution >= 0.6 is 0 Å². The number of hydroxylamine groups is 4. The summed E-state index contributed by atoms with van der Waals surface area (Å²) in [6.45, 7) is 7.44. The van der Waals surface area contributed by atoms with E-state index in [1.165, 1.54) is 7.11 Å². The van der Waals surface area contributed by atoms with Gasteiger partial charge in [-0.1, -0.05) is 12.1 Å². The first-order chi connectivity index (χ1) is 9.64. The monoisotopic (exact) mass is 294 g/mol. The van der Waals surface area contributed by atoms with Gasteiger partial charge in [-0.3, -0.25) is 0 Å². The predicted molar refractivity (Wildman–Crippen MR) is 75.9 cm³/mol. The van der Waals surface area contributed by atoms with Gasteiger partial charge in [0.05, 0.1) is 23.8 Å². The van der Waals surface area contributed by atoms with E-state index in [9.17, 15) is 15.2 Å². The highest BCUT2D eigenvalue weighted by atomic mass is 16.6. The molecule has 0 saturated carbocycles. The maximum atomic E-state index is 11.4. The van der Waals surface area contributed by atoms with E-state index in [-0.39, 0.29) is 0 Å². The van der Waals surface area contributed by atoms with Crippen LogP contribution in [0.4, 0.5) is 0 Å². The van der Waals surface area contributed by atoms with Crippen LogP contribution in [0.25, 0.3) is 0 Å². The fourth-order valence-corrected chi connectivity index (χ4v) is 2.47. The van der Waals surface area contributed by atoms with Crippen LogP contribution in [0.2, 0.25) is 0 Å². The molecule has 21 heavy (non-hydrogen) atoms. The summed E-state index contributed by atoms with van der Waals surface area (Å²) in [5, 5.41) is 23.2. The summed E-state index contributed by atoms with van der Waals surface area (Å²) in [5.41, 5.74) is -0.181. The minimum Gasteiger partial charge on any atom is -0.465 e. The van der Waals surface area contributed by atoms with E-state index in [1.54, 1.807) is 24.3 Å². The summed E-state index contributed by atoms with van der Waals surface area (Å²) >= 11 is 0. The highest BCUT2D eigenvalue weighted by molar-refractivity contribution is 5.89. The third-order valence-corrected chi connectivity index (χ3v) is 4.74. The Kier molecular flexibility index (Phi) is 3.84. The van der Waals surface area contributed by atoms with Crippen molar-refractivity contribution in [3.8, 4) is 0 Å². The largest absolute Gasteiger partial charge is 0.465 e. The van der Waals surface area contributed by atoms with Crippen molar-refractivity contribution >= 4 is 5.97 Å². The zero-order valence-corrected chi connectivity index (χ0v) is 13.0. The summed E-state index contributed by atoms with van der Waals surface area (Å²) in [6.07, 6.45) is -0.693. The zero-order valence-electron chi connectivity index (χ0n) is 13.0. The normalized spacial score (nSPS) is 22.4. The first-order valence-corrected chi connectivity index (χ1v) is 6.79. The Balaban J connectivity index is 2.36. The van der Waals surface area contributed by atoms with Gasteiger partial charge in [0.15, 0.2) is 0 Å². The van der Waals surface area contributed by atoms with E-state index in [0.717, 1.165) is 10.1 Å². The number of hydrogen-bond donors (Lipinski definition) is 2. The van der Waals surface area contributed by atoms with Crippen molar-refractivity contribution in [1.82, 2.24) is 10.1 Å². The number of benzene rings is 1. The van der Waals surface area contributed by atoms with Gasteiger partial charge in [0.2, 0.25) is 0 Å². The van der Waals surface area contributed by atoms with Crippen molar-refractivity contribution in [2.45, 2.75) is 44.9 Å². The van der Waals surface area contributed by atoms with Crippen molar-refractivity contribution in [3.05, 3.63) is 35.4 Å². The smallest absolute Gasteiger partial charge is 0.337 e. The summed E-state index contributed by atoms with van der Waals surface area (Å²) in [5.74, 6) is -0.421. The summed E-state index contributed by atoms with van der Waals surface area (Å²) in [6, 6.07) is 6.62. The number of methoxy groups -OCH3 is 1. The maximum absolute atomic E-state index is 11.4. The quantitative estimate of drug-likeness (QED) is 0.816. The Labute approximate surface area is 124 Å². The molecule has 2 rings (SSSR count). The molecule has 1 saturated heterocycles. The molecule has 116 valence electrons. The summed E-state index contributed by atoms with van der Waals surface area (Å²) in [7, 11) is 1.32. The molecule has 1 aliphatic rings. The van der Waals surface area contributed by atoms with E-state index in [0.29, 0.717) is 11.1 Å². The molecule has 0 unspecified atom stereocenters. The Morgan fingerprint density at radius 2 is 1.48 bits per heavy atom. The Morgan fingerprint density at radius 3 is 1.86 bits per heavy atom. The third-order valence-electron chi connectivity index (χ3n) is 4.74. The molecule has 0 aromatic heterocycles. The average molecular weight is 294 g/mol. The van der Waals surface area contributed by atoms with Crippen LogP contribution in [0, 0.1) is 0 Å². The number of rotatable bonds is 2. The summed E-state index contributed by atoms with van der Waals surface area (Å²) < 4.78 is 4.65. The van der Waals surface area contributed by atoms with Gasteiger partial charge < -0.3 is 15.2 Å². The molecule has 1 aliphatic heterocycles. The van der Waals surface area contributed by atoms with Gasteiger partial charge in [-0.15, -0.1) is 0 Å². The highest BCUT2D eigenvalue weighted by Crippen LogP contribution is 2.47. The number of esters is 1. The van der Waals surface area contributed by atoms with Crippen molar-refractivity contribution in [1.29, 1.82) is 0 Å². The Morgan fingerprint density at radius 1 is 1.05 bits per heavy atom. The molecule has 6 nitrogen and oxygen atoms in total. The van der Waals surface area contributed by atoms with E-state index >= 15 is 0 Å². The van der Waals surface area contributed by atoms with E-state index < -0.39 is 23.2 Å². The molecular formula is C15H22N2O4. The van der Waals surface area contributed by atoms with Crippen LogP contribution < -0.4 is 0 Å². The minimum absolute atomic E-state index is 0.421. The van der Waals surface area contributed by atoms with Crippen LogP contribution in [-0.4, -0.2) is 44.7 Å². The number of hydrogen-bond acceptors (Lipinski definition) is 6. The number of carbonyl (C=O) groups is 1. The molecule has 6 heteroatoms. The number of carbonyl (C=O) groups excluding carboxylic acids is 1. The second-order valence-corrected chi connectivity index (χ2v) is 6.29. The van der Waals surface area contributed by atoms with E-state index in [2.05, 4.69) is 4.74 Å². The first-order valence-electron chi connectivity index (χ1n) is 6.79. The van der Waals surface area contributed by atoms with Crippen LogP contribution in [0.5, 0.6) is 0 Å². The van der Waals surface area contributed by atoms with Crippen LogP contribution in [0.1, 0.15) is 49.8 Å². The maximum Gasteiger partial charge on any atom is 0.337 e. The van der Waals surface area contributed by atoms with Gasteiger partial charge >= 0.3 is 5.97 Å². The van der Waals surface area contributed by atoms with Crippen LogP contribution in [0.3, 0.4) is 0 Å². The Bertz CT molecular complexity index is 519. The lowest BCUT2D eigenvalue weighted by atomic mass is 9.84. The molecule has 2 N–H and O–H groups in total. The topological polar surface area (TPSA) is 73.2 Å². The molecule has 0 amide bonds. The number of nitrogens with zero attached hydrogens (tertiary/aromatic N) is 2. The fraction of sp³-hybridized carbons (Fsp3) is 0.533. The fourth-order valence-electron chi connectivity index (χ4n) is 2.47. The lowest BCUT2D eigenvalue weighted by Crippen LogP contribution is -2.52. The Hall–Kier alpha value is -1.47. The second kappa shape index (κ2) is 5.06. The molecule has 0 bridgehead atoms. The standard InChI is InChI=1S/C15H22N2O4/c1-14(2)15(3,4)17(20)12(16(14)19)10-6-8-11(9-7-10)13(18)21-5/h6-9,12,19-20H,1-5H3. The second-order valence-electron chi connectivity index (χ2n) is 6.29. The number of ether oxygens (including phenoxy) is 1. The minimum atomic E-state index is -0.693. The van der Waals surface area contributed by atoms with Crippen LogP contribution in [0.15, 0.2) is 24.3 Å². The summed E-state index contributed by atoms with van der Waals surface area (Å²) in [4.78, 5) is 11.4. The molecule has 1 aromatic rings. The molecule has 1 heterocycles. The van der Waals surface area contributed by atoms with Gasteiger partial charge in [0, 0.05) is 0 Å². The van der Waals surface area contributed by atoms with Crippen molar-refractivity contribution in [3.63, 3.8) is 0 Å². The van der Waals surface area contributed by atoms with Crippen LogP contribution in [-0.2, 0) is 4.74 Å². The average Bonchev–Trinajstić information content (AvgIpc) is 2.57. The zero-order chi connectivity index (χ0) is 16.0. The van der Waals surface area contributed by atoms with Crippen molar-refractivity contribution in [2.24, 2.45) is 0 Å². The predicted octanol–water partition coefficient (Wildman–Crippen LogP) is 2.43. The molecule has 0 atom stereocenters. The van der Waals surface area contributed by atoms with Crippen molar-refractivity contribution in [2.75, 3.05) is 7.11 Å². The van der Waals surface area contributed by atoms with Gasteiger partial charge in [-0.2, -0.15) is 10.1 Å². The van der Waals surface area contributed by atoms with Gasteiger partial charge in [0.25, 0.3) is 0 Å². The third kappa shape index (κ3) is 2.24. The molecule has 1 fully saturated rings. The molecule has 0 aliphatic carbocycles. The highest BCUT2D eigenvalue weighted by Gasteiger charge is 2.58.